The molecule has 1 amide bonds. The average Bonchev–Trinajstić information content (AvgIpc) is 3.27. The number of cyclic esters (lactones) is 1. The Morgan fingerprint density at radius 3 is 2.18 bits per heavy atom. The molecule has 0 aromatic heterocycles. The van der Waals surface area contributed by atoms with Crippen molar-refractivity contribution >= 4 is 27.4 Å². The number of esters is 1. The van der Waals surface area contributed by atoms with Crippen molar-refractivity contribution in [2.24, 2.45) is 0 Å². The van der Waals surface area contributed by atoms with E-state index >= 15 is 0 Å². The predicted molar refractivity (Wildman–Crippen MR) is 104 cm³/mol. The lowest BCUT2D eigenvalue weighted by Crippen LogP contribution is -2.24. The van der Waals surface area contributed by atoms with E-state index < -0.39 is 15.8 Å². The number of amides is 1. The molecule has 2 heterocycles. The fourth-order valence-corrected chi connectivity index (χ4v) is 4.31. The smallest absolute Gasteiger partial charge is 0.314 e. The SMILES string of the molecule is CS(=O)(=O)c1ccc(C2COC(=O)C2c2ccc(N3CC=CC3=O)cc2)cc1. The number of carbonyl (C=O) groups is 2. The maximum Gasteiger partial charge on any atom is 0.314 e. The lowest BCUT2D eigenvalue weighted by molar-refractivity contribution is -0.139. The summed E-state index contributed by atoms with van der Waals surface area (Å²) in [7, 11) is -3.27. The van der Waals surface area contributed by atoms with Gasteiger partial charge in [-0.3, -0.25) is 9.59 Å². The van der Waals surface area contributed by atoms with Gasteiger partial charge in [0.15, 0.2) is 9.84 Å². The molecule has 6 nitrogen and oxygen atoms in total. The highest BCUT2D eigenvalue weighted by molar-refractivity contribution is 7.90. The molecule has 0 N–H and O–H groups in total. The van der Waals surface area contributed by atoms with Crippen LogP contribution < -0.4 is 4.90 Å². The highest BCUT2D eigenvalue weighted by atomic mass is 32.2. The summed E-state index contributed by atoms with van der Waals surface area (Å²) in [6, 6.07) is 13.9. The molecule has 7 heteroatoms. The van der Waals surface area contributed by atoms with Gasteiger partial charge >= 0.3 is 5.97 Å². The molecule has 2 aliphatic heterocycles. The Hall–Kier alpha value is -2.93. The van der Waals surface area contributed by atoms with E-state index in [2.05, 4.69) is 0 Å². The Morgan fingerprint density at radius 2 is 1.61 bits per heavy atom. The van der Waals surface area contributed by atoms with E-state index in [9.17, 15) is 18.0 Å². The third-order valence-corrected chi connectivity index (χ3v) is 6.30. The van der Waals surface area contributed by atoms with Gasteiger partial charge in [0.25, 0.3) is 5.91 Å². The number of ether oxygens (including phenoxy) is 1. The van der Waals surface area contributed by atoms with Crippen molar-refractivity contribution in [2.75, 3.05) is 24.3 Å². The van der Waals surface area contributed by atoms with Crippen molar-refractivity contribution in [3.8, 4) is 0 Å². The van der Waals surface area contributed by atoms with Crippen LogP contribution in [0.15, 0.2) is 65.6 Å². The van der Waals surface area contributed by atoms with Gasteiger partial charge in [-0.15, -0.1) is 0 Å². The summed E-state index contributed by atoms with van der Waals surface area (Å²) < 4.78 is 28.6. The molecule has 0 saturated carbocycles. The average molecular weight is 397 g/mol. The fraction of sp³-hybridized carbons (Fsp3) is 0.238. The summed E-state index contributed by atoms with van der Waals surface area (Å²) in [6.07, 6.45) is 4.51. The van der Waals surface area contributed by atoms with Gasteiger partial charge in [0.1, 0.15) is 0 Å². The highest BCUT2D eigenvalue weighted by Crippen LogP contribution is 2.40. The standard InChI is InChI=1S/C21H19NO5S/c1-28(25,26)17-10-6-14(7-11-17)18-13-27-21(24)20(18)15-4-8-16(9-5-15)22-12-2-3-19(22)23/h2-11,18,20H,12-13H2,1H3. The van der Waals surface area contributed by atoms with Crippen LogP contribution in [0.3, 0.4) is 0 Å². The minimum absolute atomic E-state index is 0.0585. The van der Waals surface area contributed by atoms with Crippen LogP contribution >= 0.6 is 0 Å². The summed E-state index contributed by atoms with van der Waals surface area (Å²) in [5.74, 6) is -1.02. The quantitative estimate of drug-likeness (QED) is 0.740. The summed E-state index contributed by atoms with van der Waals surface area (Å²) in [5, 5.41) is 0. The zero-order chi connectivity index (χ0) is 19.9. The molecular formula is C21H19NO5S. The van der Waals surface area contributed by atoms with Crippen LogP contribution in [0.2, 0.25) is 0 Å². The van der Waals surface area contributed by atoms with E-state index in [1.807, 2.05) is 24.3 Å². The summed E-state index contributed by atoms with van der Waals surface area (Å²) >= 11 is 0. The monoisotopic (exact) mass is 397 g/mol. The predicted octanol–water partition coefficient (Wildman–Crippen LogP) is 2.42. The van der Waals surface area contributed by atoms with E-state index in [0.29, 0.717) is 6.54 Å². The number of carbonyl (C=O) groups excluding carboxylic acids is 2. The molecule has 4 rings (SSSR count). The summed E-state index contributed by atoms with van der Waals surface area (Å²) in [6.45, 7) is 0.789. The van der Waals surface area contributed by atoms with Crippen LogP contribution in [0, 0.1) is 0 Å². The van der Waals surface area contributed by atoms with E-state index in [1.54, 1.807) is 41.3 Å². The molecule has 0 radical (unpaired) electrons. The zero-order valence-electron chi connectivity index (χ0n) is 15.2. The molecule has 0 bridgehead atoms. The Morgan fingerprint density at radius 1 is 0.964 bits per heavy atom. The molecule has 2 unspecified atom stereocenters. The maximum atomic E-state index is 12.4. The lowest BCUT2D eigenvalue weighted by Gasteiger charge is -2.19. The molecule has 2 aromatic carbocycles. The van der Waals surface area contributed by atoms with Crippen LogP contribution in [0.25, 0.3) is 0 Å². The van der Waals surface area contributed by atoms with Gasteiger partial charge in [-0.1, -0.05) is 30.3 Å². The zero-order valence-corrected chi connectivity index (χ0v) is 16.1. The largest absolute Gasteiger partial charge is 0.465 e. The molecule has 0 aliphatic carbocycles. The van der Waals surface area contributed by atoms with E-state index in [1.165, 1.54) is 0 Å². The highest BCUT2D eigenvalue weighted by Gasteiger charge is 2.39. The third kappa shape index (κ3) is 3.33. The van der Waals surface area contributed by atoms with Crippen LogP contribution in [0.4, 0.5) is 5.69 Å². The Balaban J connectivity index is 1.60. The van der Waals surface area contributed by atoms with Gasteiger partial charge in [-0.2, -0.15) is 0 Å². The van der Waals surface area contributed by atoms with Crippen molar-refractivity contribution in [1.82, 2.24) is 0 Å². The Bertz CT molecular complexity index is 1050. The second-order valence-electron chi connectivity index (χ2n) is 7.00. The minimum atomic E-state index is -3.27. The van der Waals surface area contributed by atoms with Gasteiger partial charge < -0.3 is 9.64 Å². The van der Waals surface area contributed by atoms with Crippen molar-refractivity contribution < 1.29 is 22.7 Å². The molecule has 0 spiro atoms. The topological polar surface area (TPSA) is 80.8 Å². The second kappa shape index (κ2) is 6.91. The van der Waals surface area contributed by atoms with Gasteiger partial charge in [0, 0.05) is 30.5 Å². The number of sulfone groups is 1. The molecular weight excluding hydrogens is 378 g/mol. The van der Waals surface area contributed by atoms with E-state index in [4.69, 9.17) is 4.74 Å². The first-order valence-electron chi connectivity index (χ1n) is 8.89. The van der Waals surface area contributed by atoms with Gasteiger partial charge in [0.2, 0.25) is 0 Å². The first kappa shape index (κ1) is 18.4. The number of hydrogen-bond donors (Lipinski definition) is 0. The number of hydrogen-bond acceptors (Lipinski definition) is 5. The molecule has 1 fully saturated rings. The van der Waals surface area contributed by atoms with Gasteiger partial charge in [-0.25, -0.2) is 8.42 Å². The van der Waals surface area contributed by atoms with Gasteiger partial charge in [-0.05, 0) is 35.4 Å². The molecule has 28 heavy (non-hydrogen) atoms. The van der Waals surface area contributed by atoms with E-state index in [-0.39, 0.29) is 29.3 Å². The molecule has 144 valence electrons. The summed E-state index contributed by atoms with van der Waals surface area (Å²) in [4.78, 5) is 26.1. The minimum Gasteiger partial charge on any atom is -0.465 e. The van der Waals surface area contributed by atoms with Crippen LogP contribution in [-0.2, 0) is 24.2 Å². The van der Waals surface area contributed by atoms with Crippen molar-refractivity contribution in [1.29, 1.82) is 0 Å². The van der Waals surface area contributed by atoms with Crippen LogP contribution in [0.5, 0.6) is 0 Å². The number of nitrogens with zero attached hydrogens (tertiary/aromatic N) is 1. The van der Waals surface area contributed by atoms with Crippen molar-refractivity contribution in [2.45, 2.75) is 16.7 Å². The second-order valence-corrected chi connectivity index (χ2v) is 9.01. The number of rotatable bonds is 4. The third-order valence-electron chi connectivity index (χ3n) is 5.18. The molecule has 2 aromatic rings. The Labute approximate surface area is 163 Å². The first-order valence-corrected chi connectivity index (χ1v) is 10.8. The number of anilines is 1. The molecule has 2 atom stereocenters. The maximum absolute atomic E-state index is 12.4. The van der Waals surface area contributed by atoms with Crippen LogP contribution in [0.1, 0.15) is 23.0 Å². The van der Waals surface area contributed by atoms with Crippen molar-refractivity contribution in [3.63, 3.8) is 0 Å². The van der Waals surface area contributed by atoms with Crippen LogP contribution in [-0.4, -0.2) is 39.7 Å². The lowest BCUT2D eigenvalue weighted by atomic mass is 9.83. The van der Waals surface area contributed by atoms with Gasteiger partial charge in [0.05, 0.1) is 17.4 Å². The van der Waals surface area contributed by atoms with E-state index in [0.717, 1.165) is 23.1 Å². The summed E-state index contributed by atoms with van der Waals surface area (Å²) in [5.41, 5.74) is 2.44. The normalized spacial score (nSPS) is 22.0. The fourth-order valence-electron chi connectivity index (χ4n) is 3.67. The van der Waals surface area contributed by atoms with Crippen molar-refractivity contribution in [3.05, 3.63) is 71.8 Å². The molecule has 1 saturated heterocycles. The Kier molecular flexibility index (Phi) is 4.55. The molecule has 2 aliphatic rings. The number of benzene rings is 2. The first-order chi connectivity index (χ1) is 13.3.